The van der Waals surface area contributed by atoms with Crippen molar-refractivity contribution in [2.45, 2.75) is 23.4 Å². The van der Waals surface area contributed by atoms with Gasteiger partial charge in [0.25, 0.3) is 0 Å². The number of benzene rings is 1. The Hall–Kier alpha value is -1.96. The fourth-order valence-electron chi connectivity index (χ4n) is 2.03. The van der Waals surface area contributed by atoms with Crippen molar-refractivity contribution in [2.24, 2.45) is 0 Å². The molecular weight excluding hydrogens is 366 g/mol. The Balaban J connectivity index is 1.84. The van der Waals surface area contributed by atoms with Crippen LogP contribution in [0.3, 0.4) is 0 Å². The molecule has 24 heavy (non-hydrogen) atoms. The predicted molar refractivity (Wildman–Crippen MR) is 95.3 cm³/mol. The summed E-state index contributed by atoms with van der Waals surface area (Å²) in [6, 6.07) is 12.2. The molecule has 0 aliphatic carbocycles. The van der Waals surface area contributed by atoms with Crippen LogP contribution in [0.5, 0.6) is 0 Å². The lowest BCUT2D eigenvalue weighted by Crippen LogP contribution is -2.04. The molecule has 5 nitrogen and oxygen atoms in total. The number of aromatic nitrogens is 2. The second-order valence-corrected chi connectivity index (χ2v) is 8.56. The number of anilines is 1. The minimum absolute atomic E-state index is 0.124. The Morgan fingerprint density at radius 2 is 1.92 bits per heavy atom. The molecule has 0 amide bonds. The van der Waals surface area contributed by atoms with E-state index in [-0.39, 0.29) is 14.3 Å². The van der Waals surface area contributed by atoms with Crippen molar-refractivity contribution in [1.82, 2.24) is 9.97 Å². The molecule has 0 unspecified atom stereocenters. The van der Waals surface area contributed by atoms with Crippen molar-refractivity contribution in [3.63, 3.8) is 0 Å². The third-order valence-corrected chi connectivity index (χ3v) is 6.44. The first-order chi connectivity index (χ1) is 11.5. The fourth-order valence-corrected chi connectivity index (χ4v) is 4.83. The van der Waals surface area contributed by atoms with Gasteiger partial charge < -0.3 is 5.32 Å². The van der Waals surface area contributed by atoms with Crippen LogP contribution in [0.4, 0.5) is 5.13 Å². The van der Waals surface area contributed by atoms with Crippen LogP contribution < -0.4 is 5.32 Å². The zero-order valence-corrected chi connectivity index (χ0v) is 15.1. The van der Waals surface area contributed by atoms with Crippen molar-refractivity contribution in [3.05, 3.63) is 64.3 Å². The summed E-state index contributed by atoms with van der Waals surface area (Å²) in [5.74, 6) is 0. The van der Waals surface area contributed by atoms with E-state index in [1.54, 1.807) is 30.5 Å². The molecule has 1 N–H and O–H groups in total. The highest BCUT2D eigenvalue weighted by Crippen LogP contribution is 2.34. The highest BCUT2D eigenvalue weighted by molar-refractivity contribution is 7.91. The normalized spacial score (nSPS) is 11.4. The number of nitrogens with one attached hydrogen (secondary N) is 1. The summed E-state index contributed by atoms with van der Waals surface area (Å²) in [6.45, 7) is 2.33. The molecule has 0 saturated heterocycles. The van der Waals surface area contributed by atoms with Gasteiger partial charge in [0.15, 0.2) is 10.2 Å². The Kier molecular flexibility index (Phi) is 4.84. The van der Waals surface area contributed by atoms with Crippen LogP contribution in [0.2, 0.25) is 4.34 Å². The molecule has 1 aromatic carbocycles. The number of sulfone groups is 1. The number of aryl methyl sites for hydroxylation is 1. The Morgan fingerprint density at radius 1 is 1.17 bits per heavy atom. The number of hydrogen-bond donors (Lipinski definition) is 1. The predicted octanol–water partition coefficient (Wildman–Crippen LogP) is 3.94. The second kappa shape index (κ2) is 6.88. The van der Waals surface area contributed by atoms with Crippen molar-refractivity contribution < 1.29 is 8.42 Å². The van der Waals surface area contributed by atoms with E-state index in [0.29, 0.717) is 11.7 Å². The molecule has 0 spiro atoms. The third kappa shape index (κ3) is 3.58. The second-order valence-electron chi connectivity index (χ2n) is 5.09. The number of halogens is 1. The molecule has 0 saturated carbocycles. The maximum atomic E-state index is 12.7. The van der Waals surface area contributed by atoms with E-state index in [1.165, 1.54) is 0 Å². The fraction of sp³-hybridized carbons (Fsp3) is 0.125. The average Bonchev–Trinajstić information content (AvgIpc) is 2.96. The van der Waals surface area contributed by atoms with Gasteiger partial charge in [-0.05, 0) is 31.2 Å². The molecule has 0 aliphatic heterocycles. The van der Waals surface area contributed by atoms with Gasteiger partial charge >= 0.3 is 0 Å². The monoisotopic (exact) mass is 379 g/mol. The molecule has 0 atom stereocenters. The molecule has 0 bridgehead atoms. The van der Waals surface area contributed by atoms with E-state index in [0.717, 1.165) is 22.6 Å². The zero-order chi connectivity index (χ0) is 17.2. The SMILES string of the molecule is Cc1ccc(S(=O)(=O)c2nc(NCc3ccccn3)sc2Cl)cc1. The number of rotatable bonds is 5. The molecular formula is C16H14ClN3O2S2. The summed E-state index contributed by atoms with van der Waals surface area (Å²) in [7, 11) is -3.74. The summed E-state index contributed by atoms with van der Waals surface area (Å²) in [5, 5.41) is 3.37. The van der Waals surface area contributed by atoms with Crippen LogP contribution in [0.1, 0.15) is 11.3 Å². The van der Waals surface area contributed by atoms with Crippen molar-refractivity contribution in [1.29, 1.82) is 0 Å². The van der Waals surface area contributed by atoms with Crippen LogP contribution in [0.25, 0.3) is 0 Å². The maximum Gasteiger partial charge on any atom is 0.226 e. The summed E-state index contributed by atoms with van der Waals surface area (Å²) in [5.41, 5.74) is 1.81. The first kappa shape index (κ1) is 16.9. The molecule has 2 heterocycles. The van der Waals surface area contributed by atoms with Crippen LogP contribution in [0.15, 0.2) is 58.6 Å². The van der Waals surface area contributed by atoms with Gasteiger partial charge in [-0.1, -0.05) is 46.7 Å². The zero-order valence-electron chi connectivity index (χ0n) is 12.7. The van der Waals surface area contributed by atoms with Crippen molar-refractivity contribution >= 4 is 37.9 Å². The molecule has 0 radical (unpaired) electrons. The highest BCUT2D eigenvalue weighted by atomic mass is 35.5. The Morgan fingerprint density at radius 3 is 2.58 bits per heavy atom. The molecule has 2 aromatic heterocycles. The molecule has 8 heteroatoms. The lowest BCUT2D eigenvalue weighted by Gasteiger charge is -2.03. The van der Waals surface area contributed by atoms with Gasteiger partial charge in [-0.25, -0.2) is 13.4 Å². The number of hydrogen-bond acceptors (Lipinski definition) is 6. The molecule has 3 aromatic rings. The lowest BCUT2D eigenvalue weighted by molar-refractivity contribution is 0.593. The third-order valence-electron chi connectivity index (χ3n) is 3.29. The first-order valence-corrected chi connectivity index (χ1v) is 9.76. The van der Waals surface area contributed by atoms with Crippen LogP contribution in [-0.4, -0.2) is 18.4 Å². The van der Waals surface area contributed by atoms with Gasteiger partial charge in [0.05, 0.1) is 17.1 Å². The largest absolute Gasteiger partial charge is 0.356 e. The average molecular weight is 380 g/mol. The summed E-state index contributed by atoms with van der Waals surface area (Å²) in [4.78, 5) is 8.52. The smallest absolute Gasteiger partial charge is 0.226 e. The van der Waals surface area contributed by atoms with E-state index in [4.69, 9.17) is 11.6 Å². The van der Waals surface area contributed by atoms with Gasteiger partial charge in [0, 0.05) is 6.20 Å². The minimum atomic E-state index is -3.74. The van der Waals surface area contributed by atoms with Gasteiger partial charge in [0.2, 0.25) is 9.84 Å². The quantitative estimate of drug-likeness (QED) is 0.726. The van der Waals surface area contributed by atoms with E-state index in [2.05, 4.69) is 15.3 Å². The number of pyridine rings is 1. The first-order valence-electron chi connectivity index (χ1n) is 7.08. The van der Waals surface area contributed by atoms with Crippen molar-refractivity contribution in [3.8, 4) is 0 Å². The van der Waals surface area contributed by atoms with E-state index >= 15 is 0 Å². The standard InChI is InChI=1S/C16H14ClN3O2S2/c1-11-5-7-13(8-6-11)24(21,22)15-14(17)23-16(20-15)19-10-12-4-2-3-9-18-12/h2-9H,10H2,1H3,(H,19,20). The Labute approximate surface area is 149 Å². The van der Waals surface area contributed by atoms with Crippen LogP contribution >= 0.6 is 22.9 Å². The lowest BCUT2D eigenvalue weighted by atomic mass is 10.2. The number of nitrogens with zero attached hydrogens (tertiary/aromatic N) is 2. The van der Waals surface area contributed by atoms with Gasteiger partial charge in [-0.15, -0.1) is 0 Å². The molecule has 124 valence electrons. The van der Waals surface area contributed by atoms with E-state index in [9.17, 15) is 8.42 Å². The minimum Gasteiger partial charge on any atom is -0.356 e. The van der Waals surface area contributed by atoms with E-state index < -0.39 is 9.84 Å². The van der Waals surface area contributed by atoms with Gasteiger partial charge in [-0.2, -0.15) is 0 Å². The van der Waals surface area contributed by atoms with Crippen LogP contribution in [0, 0.1) is 6.92 Å². The number of thiazole rings is 1. The maximum absolute atomic E-state index is 12.7. The van der Waals surface area contributed by atoms with E-state index in [1.807, 2.05) is 25.1 Å². The van der Waals surface area contributed by atoms with Gasteiger partial charge in [0.1, 0.15) is 4.34 Å². The molecule has 0 fully saturated rings. The van der Waals surface area contributed by atoms with Crippen molar-refractivity contribution in [2.75, 3.05) is 5.32 Å². The topological polar surface area (TPSA) is 72.0 Å². The molecule has 0 aliphatic rings. The highest BCUT2D eigenvalue weighted by Gasteiger charge is 2.25. The molecule has 3 rings (SSSR count). The van der Waals surface area contributed by atoms with Gasteiger partial charge in [-0.3, -0.25) is 4.98 Å². The summed E-state index contributed by atoms with van der Waals surface area (Å²) in [6.07, 6.45) is 1.69. The Bertz CT molecular complexity index is 939. The van der Waals surface area contributed by atoms with Crippen LogP contribution in [-0.2, 0) is 16.4 Å². The summed E-state index contributed by atoms with van der Waals surface area (Å²) < 4.78 is 25.5. The summed E-state index contributed by atoms with van der Waals surface area (Å²) >= 11 is 7.21.